The Morgan fingerprint density at radius 2 is 1.40 bits per heavy atom. The van der Waals surface area contributed by atoms with Gasteiger partial charge in [-0.3, -0.25) is 9.98 Å². The summed E-state index contributed by atoms with van der Waals surface area (Å²) < 4.78 is 7.79. The molecular formula is C38H34N4O. The quantitative estimate of drug-likeness (QED) is 0.120. The molecule has 0 amide bonds. The minimum atomic E-state index is 0.557. The summed E-state index contributed by atoms with van der Waals surface area (Å²) in [5.74, 6) is 1.20. The van der Waals surface area contributed by atoms with E-state index in [0.29, 0.717) is 18.3 Å². The fraction of sp³-hybridized carbons (Fsp3) is 0.132. The predicted octanol–water partition coefficient (Wildman–Crippen LogP) is 8.90. The molecule has 2 aromatic heterocycles. The first-order valence-electron chi connectivity index (χ1n) is 14.2. The molecule has 5 nitrogen and oxygen atoms in total. The molecule has 0 saturated heterocycles. The van der Waals surface area contributed by atoms with Crippen molar-refractivity contribution in [2.24, 2.45) is 9.98 Å². The highest BCUT2D eigenvalue weighted by Gasteiger charge is 2.19. The summed E-state index contributed by atoms with van der Waals surface area (Å²) in [7, 11) is 1.64. The Labute approximate surface area is 253 Å². The van der Waals surface area contributed by atoms with Crippen LogP contribution in [0, 0.1) is 19.8 Å². The van der Waals surface area contributed by atoms with Crippen LogP contribution in [0.15, 0.2) is 119 Å². The number of amidine groups is 1. The number of aryl methyl sites for hydroxylation is 1. The van der Waals surface area contributed by atoms with E-state index in [1.54, 1.807) is 7.11 Å². The number of hydrogen-bond donors (Lipinski definition) is 0. The molecule has 0 fully saturated rings. The summed E-state index contributed by atoms with van der Waals surface area (Å²) in [5.41, 5.74) is 9.38. The molecule has 4 aromatic carbocycles. The van der Waals surface area contributed by atoms with E-state index in [9.17, 15) is 0 Å². The van der Waals surface area contributed by atoms with Gasteiger partial charge in [-0.2, -0.15) is 4.99 Å². The number of hydrogen-bond acceptors (Lipinski definition) is 3. The van der Waals surface area contributed by atoms with Crippen molar-refractivity contribution < 1.29 is 4.74 Å². The van der Waals surface area contributed by atoms with Crippen LogP contribution in [-0.2, 0) is 4.74 Å². The zero-order chi connectivity index (χ0) is 30.3. The zero-order valence-electron chi connectivity index (χ0n) is 25.0. The van der Waals surface area contributed by atoms with E-state index in [-0.39, 0.29) is 0 Å². The number of aliphatic imine (C=N–C) groups is 2. The highest BCUT2D eigenvalue weighted by molar-refractivity contribution is 6.12. The maximum atomic E-state index is 5.47. The zero-order valence-corrected chi connectivity index (χ0v) is 25.0. The van der Waals surface area contributed by atoms with Crippen molar-refractivity contribution in [2.75, 3.05) is 13.7 Å². The van der Waals surface area contributed by atoms with Crippen molar-refractivity contribution in [1.82, 2.24) is 9.55 Å². The lowest BCUT2D eigenvalue weighted by molar-refractivity contribution is 0.401. The SMILES string of the molecule is C#C.CCN=C(N=C(C)OC)c1cc(-c2cc(C)nc(-c3ccccc3)c2)ccc1-n1c2ccccc2c2ccccc21. The topological polar surface area (TPSA) is 51.8 Å². The second-order valence-electron chi connectivity index (χ2n) is 9.98. The first kappa shape index (κ1) is 29.0. The largest absolute Gasteiger partial charge is 0.484 e. The summed E-state index contributed by atoms with van der Waals surface area (Å²) in [6.07, 6.45) is 8.00. The predicted molar refractivity (Wildman–Crippen MR) is 181 cm³/mol. The van der Waals surface area contributed by atoms with Crippen molar-refractivity contribution in [3.63, 3.8) is 0 Å². The van der Waals surface area contributed by atoms with Gasteiger partial charge in [0.1, 0.15) is 0 Å². The van der Waals surface area contributed by atoms with E-state index in [4.69, 9.17) is 19.7 Å². The smallest absolute Gasteiger partial charge is 0.186 e. The van der Waals surface area contributed by atoms with Crippen molar-refractivity contribution >= 4 is 33.5 Å². The van der Waals surface area contributed by atoms with Crippen molar-refractivity contribution in [2.45, 2.75) is 20.8 Å². The number of nitrogens with zero attached hydrogens (tertiary/aromatic N) is 4. The Morgan fingerprint density at radius 1 is 0.767 bits per heavy atom. The van der Waals surface area contributed by atoms with Gasteiger partial charge in [0.2, 0.25) is 0 Å². The molecule has 0 bridgehead atoms. The Morgan fingerprint density at radius 3 is 2.02 bits per heavy atom. The van der Waals surface area contributed by atoms with Crippen LogP contribution < -0.4 is 0 Å². The first-order chi connectivity index (χ1) is 21.1. The molecule has 5 heteroatoms. The van der Waals surface area contributed by atoms with Crippen LogP contribution in [-0.4, -0.2) is 34.9 Å². The third-order valence-corrected chi connectivity index (χ3v) is 7.28. The molecule has 6 aromatic rings. The summed E-state index contributed by atoms with van der Waals surface area (Å²) in [6.45, 7) is 6.52. The number of para-hydroxylation sites is 2. The van der Waals surface area contributed by atoms with Crippen LogP contribution in [0.25, 0.3) is 49.9 Å². The third-order valence-electron chi connectivity index (χ3n) is 7.28. The summed E-state index contributed by atoms with van der Waals surface area (Å²) >= 11 is 0. The van der Waals surface area contributed by atoms with Crippen molar-refractivity contribution in [3.8, 4) is 40.9 Å². The fourth-order valence-corrected chi connectivity index (χ4v) is 5.39. The lowest BCUT2D eigenvalue weighted by atomic mass is 9.99. The molecule has 0 aliphatic heterocycles. The molecule has 0 aliphatic rings. The maximum absolute atomic E-state index is 5.47. The maximum Gasteiger partial charge on any atom is 0.186 e. The fourth-order valence-electron chi connectivity index (χ4n) is 5.39. The van der Waals surface area contributed by atoms with E-state index in [0.717, 1.165) is 50.4 Å². The van der Waals surface area contributed by atoms with Crippen LogP contribution in [0.4, 0.5) is 0 Å². The van der Waals surface area contributed by atoms with Gasteiger partial charge in [-0.15, -0.1) is 12.8 Å². The molecule has 2 heterocycles. The summed E-state index contributed by atoms with van der Waals surface area (Å²) in [6, 6.07) is 38.2. The van der Waals surface area contributed by atoms with E-state index >= 15 is 0 Å². The van der Waals surface area contributed by atoms with Crippen molar-refractivity contribution in [1.29, 1.82) is 0 Å². The Balaban J connectivity index is 0.00000180. The molecular weight excluding hydrogens is 528 g/mol. The number of pyridine rings is 1. The summed E-state index contributed by atoms with van der Waals surface area (Å²) in [4.78, 5) is 14.5. The van der Waals surface area contributed by atoms with Crippen molar-refractivity contribution in [3.05, 3.63) is 120 Å². The van der Waals surface area contributed by atoms with Gasteiger partial charge in [0, 0.05) is 41.1 Å². The van der Waals surface area contributed by atoms with Gasteiger partial charge in [0.05, 0.1) is 29.5 Å². The molecule has 212 valence electrons. The van der Waals surface area contributed by atoms with Gasteiger partial charge in [-0.25, -0.2) is 0 Å². The normalized spacial score (nSPS) is 11.8. The molecule has 0 atom stereocenters. The molecule has 43 heavy (non-hydrogen) atoms. The lowest BCUT2D eigenvalue weighted by Crippen LogP contribution is -2.09. The lowest BCUT2D eigenvalue weighted by Gasteiger charge is -2.16. The second kappa shape index (κ2) is 13.0. The Kier molecular flexibility index (Phi) is 8.79. The Bertz CT molecular complexity index is 1930. The molecule has 0 spiro atoms. The first-order valence-corrected chi connectivity index (χ1v) is 14.2. The minimum absolute atomic E-state index is 0.557. The third kappa shape index (κ3) is 5.82. The number of terminal acetylenes is 1. The molecule has 6 rings (SSSR count). The average Bonchev–Trinajstić information content (AvgIpc) is 3.39. The highest BCUT2D eigenvalue weighted by atomic mass is 16.5. The number of rotatable bonds is 5. The van der Waals surface area contributed by atoms with Gasteiger partial charge >= 0.3 is 0 Å². The minimum Gasteiger partial charge on any atom is -0.484 e. The molecule has 0 N–H and O–H groups in total. The van der Waals surface area contributed by atoms with Gasteiger partial charge < -0.3 is 9.30 Å². The van der Waals surface area contributed by atoms with E-state index < -0.39 is 0 Å². The van der Waals surface area contributed by atoms with Crippen LogP contribution in [0.1, 0.15) is 25.1 Å². The molecule has 0 saturated carbocycles. The number of fused-ring (bicyclic) bond motifs is 3. The molecule has 0 unspecified atom stereocenters. The van der Waals surface area contributed by atoms with E-state index in [1.165, 1.54) is 10.8 Å². The summed E-state index contributed by atoms with van der Waals surface area (Å²) in [5, 5.41) is 2.42. The van der Waals surface area contributed by atoms with Gasteiger partial charge in [0.25, 0.3) is 0 Å². The standard InChI is InChI=1S/C36H32N4O.C2H2/c1-5-37-36(39-25(3)41-4)31-22-27(28-21-24(2)38-32(23-28)26-13-7-6-8-14-26)19-20-35(31)40-33-17-11-9-15-29(33)30-16-10-12-18-34(30)40;1-2/h6-23H,5H2,1-4H3;1-2H. The number of ether oxygens (including phenoxy) is 1. The van der Waals surface area contributed by atoms with Crippen LogP contribution in [0.5, 0.6) is 0 Å². The monoisotopic (exact) mass is 562 g/mol. The van der Waals surface area contributed by atoms with Gasteiger partial charge in [-0.05, 0) is 61.4 Å². The second-order valence-corrected chi connectivity index (χ2v) is 9.98. The van der Waals surface area contributed by atoms with E-state index in [1.807, 2.05) is 39.0 Å². The number of methoxy groups -OCH3 is 1. The average molecular weight is 563 g/mol. The number of aromatic nitrogens is 2. The van der Waals surface area contributed by atoms with Gasteiger partial charge in [0.15, 0.2) is 11.7 Å². The van der Waals surface area contributed by atoms with Crippen LogP contribution >= 0.6 is 0 Å². The van der Waals surface area contributed by atoms with E-state index in [2.05, 4.69) is 108 Å². The molecule has 0 aliphatic carbocycles. The molecule has 0 radical (unpaired) electrons. The number of benzene rings is 4. The van der Waals surface area contributed by atoms with Crippen LogP contribution in [0.3, 0.4) is 0 Å². The Hall–Kier alpha value is -5.47. The highest BCUT2D eigenvalue weighted by Crippen LogP contribution is 2.35. The van der Waals surface area contributed by atoms with Gasteiger partial charge in [-0.1, -0.05) is 72.8 Å². The van der Waals surface area contributed by atoms with Crippen LogP contribution in [0.2, 0.25) is 0 Å².